The van der Waals surface area contributed by atoms with Gasteiger partial charge >= 0.3 is 0 Å². The Labute approximate surface area is 216 Å². The number of aliphatic hydroxyl groups is 1. The summed E-state index contributed by atoms with van der Waals surface area (Å²) in [5.41, 5.74) is 1.38. The van der Waals surface area contributed by atoms with Gasteiger partial charge in [-0.15, -0.1) is 12.4 Å². The summed E-state index contributed by atoms with van der Waals surface area (Å²) in [6, 6.07) is 19.1. The molecule has 0 aliphatic carbocycles. The maximum Gasteiger partial charge on any atom is 0.269 e. The average molecular weight is 534 g/mol. The van der Waals surface area contributed by atoms with Crippen molar-refractivity contribution in [1.29, 1.82) is 0 Å². The van der Waals surface area contributed by atoms with Crippen LogP contribution in [0.15, 0.2) is 77.7 Å². The SMILES string of the molecule is CC1(C)Oc2ccccc2C(NCCc2ccc(NS(=O)(=O)c3ccc([N+](=O)[O-])cc3)cc2)C1O.Cl. The summed E-state index contributed by atoms with van der Waals surface area (Å²) < 4.78 is 33.6. The van der Waals surface area contributed by atoms with Crippen LogP contribution in [0.4, 0.5) is 11.4 Å². The number of sulfonamides is 1. The Hall–Kier alpha value is -3.18. The number of ether oxygens (including phenoxy) is 1. The van der Waals surface area contributed by atoms with E-state index in [2.05, 4.69) is 10.0 Å². The number of nitrogens with zero attached hydrogens (tertiary/aromatic N) is 1. The number of nitro groups is 1. The molecular formula is C25H28ClN3O6S. The fourth-order valence-corrected chi connectivity index (χ4v) is 5.10. The number of rotatable bonds is 8. The molecule has 0 spiro atoms. The van der Waals surface area contributed by atoms with Crippen LogP contribution in [0, 0.1) is 10.1 Å². The quantitative estimate of drug-likeness (QED) is 0.292. The summed E-state index contributed by atoms with van der Waals surface area (Å²) >= 11 is 0. The Bertz CT molecular complexity index is 1310. The molecule has 4 rings (SSSR count). The third kappa shape index (κ3) is 5.96. The Balaban J connectivity index is 0.00000361. The third-order valence-corrected chi connectivity index (χ3v) is 7.39. The largest absolute Gasteiger partial charge is 0.485 e. The molecule has 3 aromatic rings. The first kappa shape index (κ1) is 27.4. The lowest BCUT2D eigenvalue weighted by atomic mass is 9.86. The fourth-order valence-electron chi connectivity index (χ4n) is 4.04. The van der Waals surface area contributed by atoms with E-state index in [4.69, 9.17) is 4.74 Å². The number of fused-ring (bicyclic) bond motifs is 1. The molecule has 2 unspecified atom stereocenters. The Morgan fingerprint density at radius 3 is 2.31 bits per heavy atom. The molecule has 0 radical (unpaired) electrons. The first-order chi connectivity index (χ1) is 16.6. The van der Waals surface area contributed by atoms with Crippen LogP contribution < -0.4 is 14.8 Å². The lowest BCUT2D eigenvalue weighted by Crippen LogP contribution is -2.52. The zero-order valence-electron chi connectivity index (χ0n) is 19.7. The second-order valence-corrected chi connectivity index (χ2v) is 10.6. The van der Waals surface area contributed by atoms with Crippen molar-refractivity contribution in [3.05, 3.63) is 94.0 Å². The molecule has 0 amide bonds. The van der Waals surface area contributed by atoms with E-state index in [0.717, 1.165) is 29.0 Å². The Morgan fingerprint density at radius 1 is 1.03 bits per heavy atom. The molecule has 3 aromatic carbocycles. The summed E-state index contributed by atoms with van der Waals surface area (Å²) in [6.45, 7) is 4.32. The molecule has 192 valence electrons. The lowest BCUT2D eigenvalue weighted by molar-refractivity contribution is -0.384. The molecule has 1 aliphatic rings. The number of hydrogen-bond acceptors (Lipinski definition) is 7. The number of para-hydroxylation sites is 1. The van der Waals surface area contributed by atoms with Gasteiger partial charge in [-0.05, 0) is 62.7 Å². The topological polar surface area (TPSA) is 131 Å². The molecule has 1 heterocycles. The molecule has 9 nitrogen and oxygen atoms in total. The molecule has 36 heavy (non-hydrogen) atoms. The fraction of sp³-hybridized carbons (Fsp3) is 0.280. The molecule has 0 aromatic heterocycles. The highest BCUT2D eigenvalue weighted by Gasteiger charge is 2.42. The van der Waals surface area contributed by atoms with Gasteiger partial charge in [-0.2, -0.15) is 0 Å². The maximum atomic E-state index is 12.6. The second kappa shape index (κ2) is 10.8. The van der Waals surface area contributed by atoms with Crippen molar-refractivity contribution in [3.8, 4) is 5.75 Å². The smallest absolute Gasteiger partial charge is 0.269 e. The van der Waals surface area contributed by atoms with Crippen LogP contribution in [0.5, 0.6) is 5.75 Å². The van der Waals surface area contributed by atoms with E-state index in [1.165, 1.54) is 12.1 Å². The van der Waals surface area contributed by atoms with E-state index in [0.29, 0.717) is 18.7 Å². The second-order valence-electron chi connectivity index (χ2n) is 8.92. The number of nitrogens with one attached hydrogen (secondary N) is 2. The van der Waals surface area contributed by atoms with Crippen LogP contribution in [0.25, 0.3) is 0 Å². The minimum absolute atomic E-state index is 0. The predicted octanol–water partition coefficient (Wildman–Crippen LogP) is 4.22. The van der Waals surface area contributed by atoms with Gasteiger partial charge < -0.3 is 15.2 Å². The third-order valence-electron chi connectivity index (χ3n) is 6.00. The number of anilines is 1. The highest BCUT2D eigenvalue weighted by Crippen LogP contribution is 2.39. The van der Waals surface area contributed by atoms with E-state index in [1.54, 1.807) is 12.1 Å². The zero-order valence-corrected chi connectivity index (χ0v) is 21.4. The van der Waals surface area contributed by atoms with Gasteiger partial charge in [0.25, 0.3) is 15.7 Å². The van der Waals surface area contributed by atoms with Gasteiger partial charge in [-0.3, -0.25) is 14.8 Å². The summed E-state index contributed by atoms with van der Waals surface area (Å²) in [4.78, 5) is 10.1. The Morgan fingerprint density at radius 2 is 1.67 bits per heavy atom. The minimum atomic E-state index is -3.87. The highest BCUT2D eigenvalue weighted by atomic mass is 35.5. The molecule has 11 heteroatoms. The first-order valence-electron chi connectivity index (χ1n) is 11.1. The molecule has 0 bridgehead atoms. The van der Waals surface area contributed by atoms with Crippen molar-refractivity contribution < 1.29 is 23.2 Å². The van der Waals surface area contributed by atoms with Gasteiger partial charge in [0.05, 0.1) is 15.9 Å². The standard InChI is InChI=1S/C25H27N3O6S.ClH/c1-25(2)24(29)23(21-5-3-4-6-22(21)34-25)26-16-15-17-7-9-18(10-8-17)27-35(32,33)20-13-11-19(12-14-20)28(30)31;/h3-14,23-24,26-27,29H,15-16H2,1-2H3;1H. The number of hydrogen-bond donors (Lipinski definition) is 3. The van der Waals surface area contributed by atoms with Crippen LogP contribution >= 0.6 is 12.4 Å². The van der Waals surface area contributed by atoms with Crippen molar-refractivity contribution in [1.82, 2.24) is 5.32 Å². The number of benzene rings is 3. The van der Waals surface area contributed by atoms with Gasteiger partial charge in [0, 0.05) is 23.4 Å². The van der Waals surface area contributed by atoms with Crippen molar-refractivity contribution >= 4 is 33.8 Å². The summed E-state index contributed by atoms with van der Waals surface area (Å²) in [7, 11) is -3.87. The predicted molar refractivity (Wildman–Crippen MR) is 139 cm³/mol. The number of non-ortho nitro benzene ring substituents is 1. The van der Waals surface area contributed by atoms with Gasteiger partial charge in [-0.1, -0.05) is 30.3 Å². The van der Waals surface area contributed by atoms with Gasteiger partial charge in [0.2, 0.25) is 0 Å². The first-order valence-corrected chi connectivity index (χ1v) is 12.6. The molecule has 2 atom stereocenters. The van der Waals surface area contributed by atoms with Crippen LogP contribution in [0.2, 0.25) is 0 Å². The van der Waals surface area contributed by atoms with E-state index in [-0.39, 0.29) is 29.0 Å². The number of nitro benzene ring substituents is 1. The summed E-state index contributed by atoms with van der Waals surface area (Å²) in [5, 5.41) is 25.0. The lowest BCUT2D eigenvalue weighted by Gasteiger charge is -2.42. The molecule has 3 N–H and O–H groups in total. The zero-order chi connectivity index (χ0) is 25.2. The van der Waals surface area contributed by atoms with Gasteiger partial charge in [0.1, 0.15) is 17.5 Å². The molecule has 1 aliphatic heterocycles. The molecule has 0 saturated heterocycles. The average Bonchev–Trinajstić information content (AvgIpc) is 2.82. The monoisotopic (exact) mass is 533 g/mol. The Kier molecular flexibility index (Phi) is 8.25. The van der Waals surface area contributed by atoms with Crippen LogP contribution in [0.1, 0.15) is 31.0 Å². The minimum Gasteiger partial charge on any atom is -0.485 e. The van der Waals surface area contributed by atoms with E-state index < -0.39 is 26.7 Å². The van der Waals surface area contributed by atoms with Gasteiger partial charge in [0.15, 0.2) is 0 Å². The summed E-state index contributed by atoms with van der Waals surface area (Å²) in [5.74, 6) is 0.755. The van der Waals surface area contributed by atoms with Crippen LogP contribution in [-0.2, 0) is 16.4 Å². The maximum absolute atomic E-state index is 12.6. The molecule has 0 fully saturated rings. The van der Waals surface area contributed by atoms with Gasteiger partial charge in [-0.25, -0.2) is 8.42 Å². The molecule has 0 saturated carbocycles. The molecular weight excluding hydrogens is 506 g/mol. The number of halogens is 1. The van der Waals surface area contributed by atoms with Crippen molar-refractivity contribution in [3.63, 3.8) is 0 Å². The number of aliphatic hydroxyl groups excluding tert-OH is 1. The van der Waals surface area contributed by atoms with E-state index >= 15 is 0 Å². The van der Waals surface area contributed by atoms with Crippen molar-refractivity contribution in [2.24, 2.45) is 0 Å². The highest BCUT2D eigenvalue weighted by molar-refractivity contribution is 7.92. The van der Waals surface area contributed by atoms with E-state index in [1.807, 2.05) is 50.2 Å². The van der Waals surface area contributed by atoms with E-state index in [9.17, 15) is 23.6 Å². The normalized spacial score (nSPS) is 18.3. The van der Waals surface area contributed by atoms with Crippen LogP contribution in [0.3, 0.4) is 0 Å². The van der Waals surface area contributed by atoms with Crippen molar-refractivity contribution in [2.45, 2.75) is 42.9 Å². The van der Waals surface area contributed by atoms with Crippen LogP contribution in [-0.4, -0.2) is 36.7 Å². The summed E-state index contributed by atoms with van der Waals surface area (Å²) in [6.07, 6.45) is -0.0594. The van der Waals surface area contributed by atoms with Crippen molar-refractivity contribution in [2.75, 3.05) is 11.3 Å².